The van der Waals surface area contributed by atoms with Crippen LogP contribution in [0.3, 0.4) is 0 Å². The lowest BCUT2D eigenvalue weighted by Crippen LogP contribution is -2.43. The number of aromatic nitrogens is 1. The maximum atomic E-state index is 12.4. The van der Waals surface area contributed by atoms with Gasteiger partial charge in [-0.15, -0.1) is 11.3 Å². The third kappa shape index (κ3) is 3.62. The minimum Gasteiger partial charge on any atom is -0.381 e. The molecule has 0 bridgehead atoms. The van der Waals surface area contributed by atoms with Crippen molar-refractivity contribution in [2.24, 2.45) is 11.7 Å². The average molecular weight is 367 g/mol. The van der Waals surface area contributed by atoms with E-state index in [9.17, 15) is 4.79 Å². The molecule has 3 aromatic rings. The molecule has 1 saturated heterocycles. The predicted octanol–water partition coefficient (Wildman–Crippen LogP) is 3.66. The molecular weight excluding hydrogens is 346 g/mol. The number of rotatable bonds is 4. The second-order valence-corrected chi connectivity index (χ2v) is 7.42. The normalized spacial score (nSPS) is 16.5. The van der Waals surface area contributed by atoms with E-state index in [4.69, 9.17) is 10.5 Å². The fourth-order valence-electron chi connectivity index (χ4n) is 3.29. The zero-order valence-corrected chi connectivity index (χ0v) is 15.2. The van der Waals surface area contributed by atoms with Crippen LogP contribution in [0.15, 0.2) is 47.8 Å². The van der Waals surface area contributed by atoms with Gasteiger partial charge in [-0.2, -0.15) is 0 Å². The number of benzene rings is 2. The first-order valence-corrected chi connectivity index (χ1v) is 9.67. The van der Waals surface area contributed by atoms with Crippen LogP contribution in [0.1, 0.15) is 12.8 Å². The van der Waals surface area contributed by atoms with Gasteiger partial charge in [0.2, 0.25) is 5.91 Å². The summed E-state index contributed by atoms with van der Waals surface area (Å²) in [5.74, 6) is -0.0000168. The largest absolute Gasteiger partial charge is 0.381 e. The summed E-state index contributed by atoms with van der Waals surface area (Å²) in [6.07, 6.45) is 1.66. The topological polar surface area (TPSA) is 77.2 Å². The predicted molar refractivity (Wildman–Crippen MR) is 105 cm³/mol. The molecule has 1 unspecified atom stereocenters. The van der Waals surface area contributed by atoms with E-state index >= 15 is 0 Å². The molecule has 26 heavy (non-hydrogen) atoms. The molecule has 0 saturated carbocycles. The van der Waals surface area contributed by atoms with Crippen LogP contribution in [0.5, 0.6) is 0 Å². The Morgan fingerprint density at radius 1 is 1.19 bits per heavy atom. The molecule has 0 aliphatic carbocycles. The minimum absolute atomic E-state index is 0.170. The fraction of sp³-hybridized carbons (Fsp3) is 0.300. The Hall–Kier alpha value is -2.28. The van der Waals surface area contributed by atoms with Gasteiger partial charge in [0.05, 0.1) is 11.7 Å². The number of ether oxygens (including phenoxy) is 1. The smallest absolute Gasteiger partial charge is 0.243 e. The van der Waals surface area contributed by atoms with Crippen molar-refractivity contribution in [2.45, 2.75) is 18.9 Å². The zero-order valence-electron chi connectivity index (χ0n) is 14.4. The van der Waals surface area contributed by atoms with Crippen LogP contribution in [0.2, 0.25) is 0 Å². The van der Waals surface area contributed by atoms with Crippen molar-refractivity contribution in [3.63, 3.8) is 0 Å². The van der Waals surface area contributed by atoms with E-state index in [0.29, 0.717) is 18.3 Å². The van der Waals surface area contributed by atoms with Crippen LogP contribution in [-0.4, -0.2) is 30.1 Å². The molecule has 0 radical (unpaired) electrons. The van der Waals surface area contributed by atoms with Crippen molar-refractivity contribution in [2.75, 3.05) is 18.5 Å². The van der Waals surface area contributed by atoms with E-state index in [1.165, 1.54) is 22.1 Å². The van der Waals surface area contributed by atoms with Crippen LogP contribution in [0, 0.1) is 5.92 Å². The van der Waals surface area contributed by atoms with Gasteiger partial charge in [-0.3, -0.25) is 4.79 Å². The van der Waals surface area contributed by atoms with E-state index < -0.39 is 6.04 Å². The molecule has 6 heteroatoms. The Balaban J connectivity index is 1.47. The molecule has 1 fully saturated rings. The SMILES string of the molecule is NC(C(=O)Nc1nc(-c2ccc3ccccc3c2)cs1)C1CCOCC1. The van der Waals surface area contributed by atoms with Gasteiger partial charge in [-0.1, -0.05) is 36.4 Å². The molecule has 1 atom stereocenters. The summed E-state index contributed by atoms with van der Waals surface area (Å²) in [7, 11) is 0. The van der Waals surface area contributed by atoms with Crippen molar-refractivity contribution >= 4 is 33.1 Å². The van der Waals surface area contributed by atoms with Gasteiger partial charge in [0.25, 0.3) is 0 Å². The van der Waals surface area contributed by atoms with Crippen molar-refractivity contribution in [1.82, 2.24) is 4.98 Å². The molecule has 4 rings (SSSR count). The van der Waals surface area contributed by atoms with E-state index in [2.05, 4.69) is 40.6 Å². The number of nitrogens with one attached hydrogen (secondary N) is 1. The van der Waals surface area contributed by atoms with Gasteiger partial charge >= 0.3 is 0 Å². The van der Waals surface area contributed by atoms with Gasteiger partial charge in [0.15, 0.2) is 5.13 Å². The molecular formula is C20H21N3O2S. The highest BCUT2D eigenvalue weighted by atomic mass is 32.1. The van der Waals surface area contributed by atoms with Crippen LogP contribution < -0.4 is 11.1 Å². The summed E-state index contributed by atoms with van der Waals surface area (Å²) in [5, 5.41) is 7.78. The molecule has 3 N–H and O–H groups in total. The molecule has 2 aromatic carbocycles. The maximum Gasteiger partial charge on any atom is 0.243 e. The Labute approximate surface area is 156 Å². The van der Waals surface area contributed by atoms with Crippen molar-refractivity contribution in [3.05, 3.63) is 47.8 Å². The molecule has 2 heterocycles. The summed E-state index contributed by atoms with van der Waals surface area (Å²) in [5.41, 5.74) is 8.02. The summed E-state index contributed by atoms with van der Waals surface area (Å²) in [4.78, 5) is 17.0. The maximum absolute atomic E-state index is 12.4. The first-order chi connectivity index (χ1) is 12.7. The van der Waals surface area contributed by atoms with Crippen LogP contribution in [0.4, 0.5) is 5.13 Å². The molecule has 1 aliphatic heterocycles. The monoisotopic (exact) mass is 367 g/mol. The van der Waals surface area contributed by atoms with Crippen LogP contribution >= 0.6 is 11.3 Å². The molecule has 0 spiro atoms. The molecule has 5 nitrogen and oxygen atoms in total. The first kappa shape index (κ1) is 17.1. The minimum atomic E-state index is -0.521. The summed E-state index contributed by atoms with van der Waals surface area (Å²) >= 11 is 1.42. The number of nitrogens with zero attached hydrogens (tertiary/aromatic N) is 1. The highest BCUT2D eigenvalue weighted by Gasteiger charge is 2.27. The number of thiazole rings is 1. The summed E-state index contributed by atoms with van der Waals surface area (Å²) in [6, 6.07) is 14.0. The third-order valence-electron chi connectivity index (χ3n) is 4.86. The lowest BCUT2D eigenvalue weighted by molar-refractivity contribution is -0.119. The number of carbonyl (C=O) groups is 1. The molecule has 1 aromatic heterocycles. The van der Waals surface area contributed by atoms with E-state index in [1.807, 2.05) is 17.5 Å². The second-order valence-electron chi connectivity index (χ2n) is 6.56. The summed E-state index contributed by atoms with van der Waals surface area (Å²) < 4.78 is 5.33. The van der Waals surface area contributed by atoms with Crippen molar-refractivity contribution in [1.29, 1.82) is 0 Å². The lowest BCUT2D eigenvalue weighted by atomic mass is 9.92. The highest BCUT2D eigenvalue weighted by Crippen LogP contribution is 2.28. The van der Waals surface area contributed by atoms with Crippen LogP contribution in [0.25, 0.3) is 22.0 Å². The highest BCUT2D eigenvalue weighted by molar-refractivity contribution is 7.14. The number of amides is 1. The number of hydrogen-bond acceptors (Lipinski definition) is 5. The third-order valence-corrected chi connectivity index (χ3v) is 5.61. The van der Waals surface area contributed by atoms with Gasteiger partial charge in [0.1, 0.15) is 0 Å². The van der Waals surface area contributed by atoms with Crippen LogP contribution in [-0.2, 0) is 9.53 Å². The molecule has 1 aliphatic rings. The Morgan fingerprint density at radius 2 is 1.96 bits per heavy atom. The van der Waals surface area contributed by atoms with E-state index in [0.717, 1.165) is 24.1 Å². The number of anilines is 1. The van der Waals surface area contributed by atoms with Gasteiger partial charge in [0, 0.05) is 24.2 Å². The molecule has 134 valence electrons. The first-order valence-electron chi connectivity index (χ1n) is 8.79. The number of carbonyl (C=O) groups excluding carboxylic acids is 1. The second kappa shape index (κ2) is 7.53. The fourth-order valence-corrected chi connectivity index (χ4v) is 4.01. The number of nitrogens with two attached hydrogens (primary N) is 1. The van der Waals surface area contributed by atoms with E-state index in [-0.39, 0.29) is 11.8 Å². The lowest BCUT2D eigenvalue weighted by Gasteiger charge is -2.26. The van der Waals surface area contributed by atoms with Gasteiger partial charge in [-0.25, -0.2) is 4.98 Å². The zero-order chi connectivity index (χ0) is 17.9. The number of fused-ring (bicyclic) bond motifs is 1. The quantitative estimate of drug-likeness (QED) is 0.738. The molecule has 1 amide bonds. The Morgan fingerprint density at radius 3 is 2.77 bits per heavy atom. The summed E-state index contributed by atoms with van der Waals surface area (Å²) in [6.45, 7) is 1.35. The van der Waals surface area contributed by atoms with Crippen molar-refractivity contribution in [3.8, 4) is 11.3 Å². The standard InChI is InChI=1S/C20H21N3O2S/c21-18(14-7-9-25-10-8-14)19(24)23-20-22-17(12-26-20)16-6-5-13-3-1-2-4-15(13)11-16/h1-6,11-12,14,18H,7-10,21H2,(H,22,23,24). The van der Waals surface area contributed by atoms with Gasteiger partial charge in [-0.05, 0) is 35.6 Å². The Kier molecular flexibility index (Phi) is 4.97. The van der Waals surface area contributed by atoms with Crippen molar-refractivity contribution < 1.29 is 9.53 Å². The number of hydrogen-bond donors (Lipinski definition) is 2. The Bertz CT molecular complexity index is 918. The van der Waals surface area contributed by atoms with E-state index in [1.54, 1.807) is 0 Å². The van der Waals surface area contributed by atoms with Gasteiger partial charge < -0.3 is 15.8 Å². The average Bonchev–Trinajstić information content (AvgIpc) is 3.16.